The highest BCUT2D eigenvalue weighted by molar-refractivity contribution is 7.89. The van der Waals surface area contributed by atoms with Gasteiger partial charge in [0.15, 0.2) is 0 Å². The minimum absolute atomic E-state index is 0.106. The van der Waals surface area contributed by atoms with Gasteiger partial charge in [0.1, 0.15) is 10.0 Å². The Morgan fingerprint density at radius 2 is 2.29 bits per heavy atom. The molecule has 1 aromatic rings. The number of rotatable bonds is 3. The van der Waals surface area contributed by atoms with Crippen LogP contribution in [0.3, 0.4) is 0 Å². The van der Waals surface area contributed by atoms with Crippen LogP contribution in [0.15, 0.2) is 23.2 Å². The van der Waals surface area contributed by atoms with Crippen LogP contribution in [0.4, 0.5) is 0 Å². The molecule has 1 fully saturated rings. The zero-order valence-corrected chi connectivity index (χ0v) is 10.8. The lowest BCUT2D eigenvalue weighted by molar-refractivity contribution is 0.117. The van der Waals surface area contributed by atoms with Crippen molar-refractivity contribution < 1.29 is 13.2 Å². The van der Waals surface area contributed by atoms with E-state index in [0.29, 0.717) is 13.0 Å². The van der Waals surface area contributed by atoms with E-state index in [4.69, 9.17) is 16.3 Å². The molecule has 17 heavy (non-hydrogen) atoms. The molecule has 2 heterocycles. The topological polar surface area (TPSA) is 68.3 Å². The molecule has 0 aliphatic carbocycles. The fourth-order valence-corrected chi connectivity index (χ4v) is 3.07. The number of aromatic nitrogens is 1. The average Bonchev–Trinajstić information content (AvgIpc) is 2.64. The molecule has 1 saturated heterocycles. The van der Waals surface area contributed by atoms with Crippen molar-refractivity contribution in [3.05, 3.63) is 23.5 Å². The lowest BCUT2D eigenvalue weighted by Gasteiger charge is -2.15. The normalized spacial score (nSPS) is 25.1. The molecule has 1 aromatic heterocycles. The van der Waals surface area contributed by atoms with Gasteiger partial charge >= 0.3 is 0 Å². The zero-order valence-electron chi connectivity index (χ0n) is 9.26. The molecule has 0 radical (unpaired) electrons. The second-order valence-corrected chi connectivity index (χ2v) is 6.01. The molecule has 0 saturated carbocycles. The summed E-state index contributed by atoms with van der Waals surface area (Å²) in [6.45, 7) is 2.42. The Kier molecular flexibility index (Phi) is 3.67. The van der Waals surface area contributed by atoms with Gasteiger partial charge in [-0.3, -0.25) is 0 Å². The summed E-state index contributed by atoms with van der Waals surface area (Å²) in [5.41, 5.74) is 0. The number of halogens is 1. The maximum absolute atomic E-state index is 12.0. The first-order valence-electron chi connectivity index (χ1n) is 5.24. The van der Waals surface area contributed by atoms with Crippen molar-refractivity contribution in [3.63, 3.8) is 0 Å². The Bertz CT molecular complexity index is 489. The van der Waals surface area contributed by atoms with Crippen molar-refractivity contribution in [1.82, 2.24) is 9.71 Å². The third-order valence-corrected chi connectivity index (χ3v) is 4.39. The molecule has 0 bridgehead atoms. The molecule has 1 aliphatic rings. The maximum atomic E-state index is 12.0. The summed E-state index contributed by atoms with van der Waals surface area (Å²) in [4.78, 5) is 3.87. The van der Waals surface area contributed by atoms with Crippen LogP contribution in [0.2, 0.25) is 5.15 Å². The second kappa shape index (κ2) is 4.89. The largest absolute Gasteiger partial charge is 0.377 e. The van der Waals surface area contributed by atoms with Crippen LogP contribution < -0.4 is 4.72 Å². The van der Waals surface area contributed by atoms with Crippen LogP contribution in [-0.2, 0) is 14.8 Å². The Labute approximate surface area is 105 Å². The van der Waals surface area contributed by atoms with Gasteiger partial charge in [0.05, 0.1) is 12.1 Å². The first kappa shape index (κ1) is 12.8. The summed E-state index contributed by atoms with van der Waals surface area (Å²) in [5, 5.41) is 0.265. The summed E-state index contributed by atoms with van der Waals surface area (Å²) < 4.78 is 31.9. The van der Waals surface area contributed by atoms with Gasteiger partial charge in [0.2, 0.25) is 10.0 Å². The third-order valence-electron chi connectivity index (χ3n) is 2.69. The first-order valence-corrected chi connectivity index (χ1v) is 7.10. The summed E-state index contributed by atoms with van der Waals surface area (Å²) >= 11 is 5.61. The molecule has 7 heteroatoms. The Hall–Kier alpha value is -0.690. The van der Waals surface area contributed by atoms with E-state index in [2.05, 4.69) is 9.71 Å². The van der Waals surface area contributed by atoms with Crippen molar-refractivity contribution in [2.45, 2.75) is 30.4 Å². The van der Waals surface area contributed by atoms with Crippen LogP contribution in [0.25, 0.3) is 0 Å². The summed E-state index contributed by atoms with van der Waals surface area (Å²) in [6, 6.07) is 2.69. The van der Waals surface area contributed by atoms with Gasteiger partial charge in [0.25, 0.3) is 0 Å². The molecule has 0 amide bonds. The van der Waals surface area contributed by atoms with E-state index in [1.54, 1.807) is 0 Å². The number of hydrogen-bond donors (Lipinski definition) is 1. The molecule has 1 N–H and O–H groups in total. The van der Waals surface area contributed by atoms with E-state index in [0.717, 1.165) is 0 Å². The Balaban J connectivity index is 2.16. The minimum atomic E-state index is -3.54. The fourth-order valence-electron chi connectivity index (χ4n) is 1.68. The van der Waals surface area contributed by atoms with Gasteiger partial charge in [-0.25, -0.2) is 18.1 Å². The van der Waals surface area contributed by atoms with Crippen LogP contribution in [0, 0.1) is 0 Å². The van der Waals surface area contributed by atoms with Crippen molar-refractivity contribution >= 4 is 21.6 Å². The highest BCUT2D eigenvalue weighted by Crippen LogP contribution is 2.17. The minimum Gasteiger partial charge on any atom is -0.377 e. The molecule has 0 spiro atoms. The van der Waals surface area contributed by atoms with E-state index < -0.39 is 10.0 Å². The molecule has 2 atom stereocenters. The third kappa shape index (κ3) is 2.95. The smallest absolute Gasteiger partial charge is 0.242 e. The molecule has 0 aromatic carbocycles. The molecule has 2 unspecified atom stereocenters. The fraction of sp³-hybridized carbons (Fsp3) is 0.500. The summed E-state index contributed by atoms with van der Waals surface area (Å²) in [5.74, 6) is 0. The monoisotopic (exact) mass is 276 g/mol. The number of ether oxygens (including phenoxy) is 1. The summed E-state index contributed by atoms with van der Waals surface area (Å²) in [6.07, 6.45) is 1.82. The molecular formula is C10H13ClN2O3S. The SMILES string of the molecule is CC1OCCC1NS(=O)(=O)c1ccc(Cl)nc1. The highest BCUT2D eigenvalue weighted by Gasteiger charge is 2.29. The number of pyridine rings is 1. The molecular weight excluding hydrogens is 264 g/mol. The van der Waals surface area contributed by atoms with E-state index in [1.165, 1.54) is 18.3 Å². The highest BCUT2D eigenvalue weighted by atomic mass is 35.5. The number of sulfonamides is 1. The lowest BCUT2D eigenvalue weighted by Crippen LogP contribution is -2.39. The summed E-state index contributed by atoms with van der Waals surface area (Å²) in [7, 11) is -3.54. The van der Waals surface area contributed by atoms with E-state index in [1.807, 2.05) is 6.92 Å². The number of nitrogens with zero attached hydrogens (tertiary/aromatic N) is 1. The van der Waals surface area contributed by atoms with Crippen molar-refractivity contribution in [1.29, 1.82) is 0 Å². The maximum Gasteiger partial charge on any atom is 0.242 e. The first-order chi connectivity index (χ1) is 7.99. The van der Waals surface area contributed by atoms with Gasteiger partial charge in [-0.15, -0.1) is 0 Å². The van der Waals surface area contributed by atoms with Crippen LogP contribution in [0.1, 0.15) is 13.3 Å². The number of nitrogens with one attached hydrogen (secondary N) is 1. The molecule has 5 nitrogen and oxygen atoms in total. The second-order valence-electron chi connectivity index (χ2n) is 3.91. The standard InChI is InChI=1S/C10H13ClN2O3S/c1-7-9(4-5-16-7)13-17(14,15)8-2-3-10(11)12-6-8/h2-3,6-7,9,13H,4-5H2,1H3. The van der Waals surface area contributed by atoms with Gasteiger partial charge in [-0.2, -0.15) is 0 Å². The lowest BCUT2D eigenvalue weighted by atomic mass is 10.2. The van der Waals surface area contributed by atoms with Crippen molar-refractivity contribution in [2.24, 2.45) is 0 Å². The quantitative estimate of drug-likeness (QED) is 0.842. The van der Waals surface area contributed by atoms with Gasteiger partial charge < -0.3 is 4.74 Å². The molecule has 1 aliphatic heterocycles. The molecule has 94 valence electrons. The van der Waals surface area contributed by atoms with E-state index >= 15 is 0 Å². The van der Waals surface area contributed by atoms with Crippen molar-refractivity contribution in [2.75, 3.05) is 6.61 Å². The van der Waals surface area contributed by atoms with Gasteiger partial charge in [-0.05, 0) is 25.5 Å². The molecule has 2 rings (SSSR count). The van der Waals surface area contributed by atoms with E-state index in [-0.39, 0.29) is 22.2 Å². The van der Waals surface area contributed by atoms with E-state index in [9.17, 15) is 8.42 Å². The predicted octanol–water partition coefficient (Wildman–Crippen LogP) is 1.19. The van der Waals surface area contributed by atoms with Crippen molar-refractivity contribution in [3.8, 4) is 0 Å². The van der Waals surface area contributed by atoms with Crippen LogP contribution in [-0.4, -0.2) is 32.2 Å². The van der Waals surface area contributed by atoms with Crippen LogP contribution in [0.5, 0.6) is 0 Å². The predicted molar refractivity (Wildman–Crippen MR) is 63.4 cm³/mol. The van der Waals surface area contributed by atoms with Gasteiger partial charge in [-0.1, -0.05) is 11.6 Å². The Morgan fingerprint density at radius 1 is 1.53 bits per heavy atom. The van der Waals surface area contributed by atoms with Crippen LogP contribution >= 0.6 is 11.6 Å². The Morgan fingerprint density at radius 3 is 2.82 bits per heavy atom. The van der Waals surface area contributed by atoms with Gasteiger partial charge in [0, 0.05) is 12.8 Å². The zero-order chi connectivity index (χ0) is 12.5. The average molecular weight is 277 g/mol. The number of hydrogen-bond acceptors (Lipinski definition) is 4.